The Morgan fingerprint density at radius 1 is 1.28 bits per heavy atom. The molecule has 1 aliphatic rings. The highest BCUT2D eigenvalue weighted by Gasteiger charge is 2.42. The van der Waals surface area contributed by atoms with Gasteiger partial charge in [0.05, 0.1) is 16.1 Å². The highest BCUT2D eigenvalue weighted by atomic mass is 35.5. The van der Waals surface area contributed by atoms with E-state index in [-0.39, 0.29) is 5.92 Å². The summed E-state index contributed by atoms with van der Waals surface area (Å²) >= 11 is 12.5. The molecule has 6 nitrogen and oxygen atoms in total. The fourth-order valence-corrected chi connectivity index (χ4v) is 5.36. The van der Waals surface area contributed by atoms with Crippen molar-refractivity contribution in [2.24, 2.45) is 5.41 Å². The average molecular weight is 475 g/mol. The molecule has 2 aromatic heterocycles. The van der Waals surface area contributed by atoms with E-state index >= 15 is 0 Å². The van der Waals surface area contributed by atoms with E-state index in [1.807, 2.05) is 30.5 Å². The van der Waals surface area contributed by atoms with Gasteiger partial charge in [-0.3, -0.25) is 4.79 Å². The fraction of sp³-hybridized carbons (Fsp3) is 0.458. The first-order valence-electron chi connectivity index (χ1n) is 11.0. The van der Waals surface area contributed by atoms with Gasteiger partial charge in [-0.25, -0.2) is 4.98 Å². The van der Waals surface area contributed by atoms with Crippen LogP contribution in [0.5, 0.6) is 0 Å². The van der Waals surface area contributed by atoms with Gasteiger partial charge in [-0.1, -0.05) is 44.0 Å². The minimum Gasteiger partial charge on any atom is -0.481 e. The number of aliphatic carboxylic acids is 1. The third kappa shape index (κ3) is 3.84. The van der Waals surface area contributed by atoms with Gasteiger partial charge in [0.2, 0.25) is 0 Å². The van der Waals surface area contributed by atoms with Gasteiger partial charge in [-0.15, -0.1) is 0 Å². The number of aryl methyl sites for hydroxylation is 1. The second-order valence-corrected chi connectivity index (χ2v) is 9.82. The third-order valence-corrected chi connectivity index (χ3v) is 7.14. The smallest absolute Gasteiger partial charge is 0.311 e. The van der Waals surface area contributed by atoms with E-state index in [1.165, 1.54) is 0 Å². The summed E-state index contributed by atoms with van der Waals surface area (Å²) in [5, 5.41) is 16.0. The molecule has 32 heavy (non-hydrogen) atoms. The summed E-state index contributed by atoms with van der Waals surface area (Å²) in [6, 6.07) is 7.27. The molecule has 0 bridgehead atoms. The number of carboxylic acid groups (broad SMARTS) is 1. The molecule has 0 unspecified atom stereocenters. The van der Waals surface area contributed by atoms with Crippen LogP contribution in [0.2, 0.25) is 10.0 Å². The summed E-state index contributed by atoms with van der Waals surface area (Å²) in [6.07, 6.45) is 2.09. The van der Waals surface area contributed by atoms with Crippen molar-refractivity contribution in [1.82, 2.24) is 14.6 Å². The Hall–Kier alpha value is -2.31. The SMILES string of the molecule is CC[C@@]1(C(=O)O)CCCN(c2c(C(C)C)c(C)nc3cc(-c4ccc(Cl)cc4Cl)nn23)C1. The topological polar surface area (TPSA) is 70.7 Å². The van der Waals surface area contributed by atoms with Crippen LogP contribution in [-0.2, 0) is 4.79 Å². The van der Waals surface area contributed by atoms with E-state index in [2.05, 4.69) is 18.7 Å². The minimum atomic E-state index is -0.758. The molecule has 0 aliphatic carbocycles. The molecule has 0 amide bonds. The van der Waals surface area contributed by atoms with Crippen LogP contribution < -0.4 is 4.90 Å². The normalized spacial score (nSPS) is 19.2. The maximum atomic E-state index is 12.2. The van der Waals surface area contributed by atoms with E-state index in [0.29, 0.717) is 40.8 Å². The summed E-state index contributed by atoms with van der Waals surface area (Å²) in [5.74, 6) is 0.404. The molecule has 3 aromatic rings. The molecule has 0 spiro atoms. The van der Waals surface area contributed by atoms with Crippen molar-refractivity contribution in [3.05, 3.63) is 45.6 Å². The number of fused-ring (bicyclic) bond motifs is 1. The second-order valence-electron chi connectivity index (χ2n) is 8.98. The first-order chi connectivity index (χ1) is 15.2. The van der Waals surface area contributed by atoms with Crippen LogP contribution in [0.4, 0.5) is 5.82 Å². The van der Waals surface area contributed by atoms with Crippen molar-refractivity contribution in [1.29, 1.82) is 0 Å². The Kier molecular flexibility index (Phi) is 6.12. The minimum absolute atomic E-state index is 0.205. The Labute approximate surface area is 198 Å². The van der Waals surface area contributed by atoms with Gasteiger partial charge >= 0.3 is 5.97 Å². The lowest BCUT2D eigenvalue weighted by Crippen LogP contribution is -2.48. The number of halogens is 2. The van der Waals surface area contributed by atoms with Crippen LogP contribution >= 0.6 is 23.2 Å². The van der Waals surface area contributed by atoms with Gasteiger partial charge in [-0.2, -0.15) is 9.61 Å². The molecule has 0 saturated carbocycles. The molecule has 1 saturated heterocycles. The molecule has 170 valence electrons. The fourth-order valence-electron chi connectivity index (χ4n) is 4.85. The molecule has 1 aromatic carbocycles. The molecule has 4 rings (SSSR count). The van der Waals surface area contributed by atoms with Crippen LogP contribution in [-0.4, -0.2) is 38.8 Å². The number of anilines is 1. The third-order valence-electron chi connectivity index (χ3n) is 6.60. The molecule has 3 heterocycles. The quantitative estimate of drug-likeness (QED) is 0.475. The number of piperidine rings is 1. The van der Waals surface area contributed by atoms with Crippen LogP contribution in [0.15, 0.2) is 24.3 Å². The van der Waals surface area contributed by atoms with Gasteiger partial charge in [0.25, 0.3) is 0 Å². The molecular weight excluding hydrogens is 447 g/mol. The van der Waals surface area contributed by atoms with Gasteiger partial charge in [0.1, 0.15) is 5.82 Å². The molecule has 1 atom stereocenters. The zero-order valence-corrected chi connectivity index (χ0v) is 20.3. The Bertz CT molecular complexity index is 1190. The standard InChI is InChI=1S/C24H28Cl2N4O2/c1-5-24(23(31)32)9-6-10-29(13-24)22-21(14(2)3)15(4)27-20-12-19(28-30(20)22)17-8-7-16(25)11-18(17)26/h7-8,11-12,14H,5-6,9-10,13H2,1-4H3,(H,31,32)/t24-/m1/s1. The average Bonchev–Trinajstić information content (AvgIpc) is 3.15. The zero-order valence-electron chi connectivity index (χ0n) is 18.8. The Balaban J connectivity index is 1.92. The summed E-state index contributed by atoms with van der Waals surface area (Å²) in [5.41, 5.74) is 3.46. The maximum absolute atomic E-state index is 12.2. The number of benzene rings is 1. The van der Waals surface area contributed by atoms with E-state index in [4.69, 9.17) is 33.3 Å². The number of carbonyl (C=O) groups is 1. The summed E-state index contributed by atoms with van der Waals surface area (Å²) in [7, 11) is 0. The first kappa shape index (κ1) is 22.9. The molecular formula is C24H28Cl2N4O2. The predicted octanol–water partition coefficient (Wildman–Crippen LogP) is 6.22. The Morgan fingerprint density at radius 2 is 2.03 bits per heavy atom. The summed E-state index contributed by atoms with van der Waals surface area (Å²) < 4.78 is 1.86. The van der Waals surface area contributed by atoms with Gasteiger partial charge in [-0.05, 0) is 50.3 Å². The molecule has 1 fully saturated rings. The van der Waals surface area contributed by atoms with Crippen LogP contribution in [0, 0.1) is 12.3 Å². The first-order valence-corrected chi connectivity index (χ1v) is 11.8. The van der Waals surface area contributed by atoms with Crippen molar-refractivity contribution in [2.45, 2.75) is 52.9 Å². The van der Waals surface area contributed by atoms with E-state index in [0.717, 1.165) is 35.6 Å². The molecule has 8 heteroatoms. The van der Waals surface area contributed by atoms with E-state index < -0.39 is 11.4 Å². The van der Waals surface area contributed by atoms with Crippen LogP contribution in [0.3, 0.4) is 0 Å². The number of nitrogens with zero attached hydrogens (tertiary/aromatic N) is 4. The summed E-state index contributed by atoms with van der Waals surface area (Å²) in [6.45, 7) is 9.47. The zero-order chi connectivity index (χ0) is 23.2. The van der Waals surface area contributed by atoms with Gasteiger partial charge in [0.15, 0.2) is 5.65 Å². The number of carboxylic acids is 1. The largest absolute Gasteiger partial charge is 0.481 e. The van der Waals surface area contributed by atoms with Gasteiger partial charge in [0, 0.05) is 41.0 Å². The number of rotatable bonds is 5. The summed E-state index contributed by atoms with van der Waals surface area (Å²) in [4.78, 5) is 19.2. The van der Waals surface area contributed by atoms with Crippen molar-refractivity contribution in [3.8, 4) is 11.3 Å². The lowest BCUT2D eigenvalue weighted by atomic mass is 9.77. The highest BCUT2D eigenvalue weighted by Crippen LogP contribution is 2.40. The van der Waals surface area contributed by atoms with Crippen molar-refractivity contribution in [2.75, 3.05) is 18.0 Å². The molecule has 0 radical (unpaired) electrons. The number of hydrogen-bond acceptors (Lipinski definition) is 4. The van der Waals surface area contributed by atoms with Crippen molar-refractivity contribution >= 4 is 40.6 Å². The monoisotopic (exact) mass is 474 g/mol. The molecule has 1 N–H and O–H groups in total. The van der Waals surface area contributed by atoms with Crippen molar-refractivity contribution in [3.63, 3.8) is 0 Å². The predicted molar refractivity (Wildman–Crippen MR) is 129 cm³/mol. The number of hydrogen-bond donors (Lipinski definition) is 1. The van der Waals surface area contributed by atoms with Crippen LogP contribution in [0.1, 0.15) is 57.2 Å². The van der Waals surface area contributed by atoms with Gasteiger partial charge < -0.3 is 10.0 Å². The number of aromatic nitrogens is 3. The lowest BCUT2D eigenvalue weighted by molar-refractivity contribution is -0.149. The second kappa shape index (κ2) is 8.56. The molecule has 1 aliphatic heterocycles. The Morgan fingerprint density at radius 3 is 2.66 bits per heavy atom. The van der Waals surface area contributed by atoms with Crippen molar-refractivity contribution < 1.29 is 9.90 Å². The van der Waals surface area contributed by atoms with Crippen LogP contribution in [0.25, 0.3) is 16.9 Å². The highest BCUT2D eigenvalue weighted by molar-refractivity contribution is 6.36. The lowest BCUT2D eigenvalue weighted by Gasteiger charge is -2.41. The maximum Gasteiger partial charge on any atom is 0.311 e. The van der Waals surface area contributed by atoms with E-state index in [9.17, 15) is 9.90 Å². The van der Waals surface area contributed by atoms with E-state index in [1.54, 1.807) is 12.1 Å².